The summed E-state index contributed by atoms with van der Waals surface area (Å²) in [4.78, 5) is 0.996. The maximum absolute atomic E-state index is 11.1. The van der Waals surface area contributed by atoms with Gasteiger partial charge in [0.05, 0.1) is 0 Å². The van der Waals surface area contributed by atoms with E-state index in [1.165, 1.54) is 11.3 Å². The van der Waals surface area contributed by atoms with Crippen molar-refractivity contribution >= 4 is 21.4 Å². The SMILES string of the molecule is NS(=O)(=O)c1ccc(Cc2ccccc2)s1. The molecule has 0 aliphatic rings. The van der Waals surface area contributed by atoms with Crippen molar-refractivity contribution in [2.75, 3.05) is 0 Å². The molecule has 2 N–H and O–H groups in total. The van der Waals surface area contributed by atoms with Crippen LogP contribution in [0.4, 0.5) is 0 Å². The maximum atomic E-state index is 11.1. The molecule has 0 fully saturated rings. The highest BCUT2D eigenvalue weighted by atomic mass is 32.2. The Labute approximate surface area is 98.6 Å². The third-order valence-electron chi connectivity index (χ3n) is 2.14. The van der Waals surface area contributed by atoms with E-state index in [2.05, 4.69) is 0 Å². The minimum atomic E-state index is -3.56. The molecule has 0 bridgehead atoms. The molecule has 5 heteroatoms. The van der Waals surface area contributed by atoms with E-state index in [0.29, 0.717) is 0 Å². The average Bonchev–Trinajstić information content (AvgIpc) is 2.67. The smallest absolute Gasteiger partial charge is 0.224 e. The fourth-order valence-electron chi connectivity index (χ4n) is 1.40. The lowest BCUT2D eigenvalue weighted by atomic mass is 10.1. The molecule has 1 aromatic heterocycles. The Bertz CT molecular complexity index is 573. The monoisotopic (exact) mass is 253 g/mol. The first-order valence-corrected chi connectivity index (χ1v) is 7.07. The van der Waals surface area contributed by atoms with Gasteiger partial charge < -0.3 is 0 Å². The van der Waals surface area contributed by atoms with Crippen LogP contribution >= 0.6 is 11.3 Å². The van der Waals surface area contributed by atoms with E-state index in [4.69, 9.17) is 5.14 Å². The van der Waals surface area contributed by atoms with E-state index in [1.807, 2.05) is 30.3 Å². The zero-order valence-corrected chi connectivity index (χ0v) is 10.1. The van der Waals surface area contributed by atoms with Gasteiger partial charge in [-0.3, -0.25) is 0 Å². The van der Waals surface area contributed by atoms with Crippen LogP contribution < -0.4 is 5.14 Å². The molecule has 0 amide bonds. The van der Waals surface area contributed by atoms with Crippen molar-refractivity contribution in [1.29, 1.82) is 0 Å². The number of hydrogen-bond donors (Lipinski definition) is 1. The van der Waals surface area contributed by atoms with Crippen LogP contribution in [0.25, 0.3) is 0 Å². The fraction of sp³-hybridized carbons (Fsp3) is 0.0909. The summed E-state index contributed by atoms with van der Waals surface area (Å²) in [5.41, 5.74) is 1.16. The van der Waals surface area contributed by atoms with Crippen molar-refractivity contribution in [1.82, 2.24) is 0 Å². The Balaban J connectivity index is 2.22. The zero-order chi connectivity index (χ0) is 11.6. The number of thiophene rings is 1. The normalized spacial score (nSPS) is 11.6. The Hall–Kier alpha value is -1.17. The van der Waals surface area contributed by atoms with Crippen LogP contribution in [0.5, 0.6) is 0 Å². The molecule has 0 atom stereocenters. The molecule has 0 saturated heterocycles. The van der Waals surface area contributed by atoms with Crippen LogP contribution in [-0.4, -0.2) is 8.42 Å². The minimum absolute atomic E-state index is 0.221. The lowest BCUT2D eigenvalue weighted by Crippen LogP contribution is -2.09. The molecule has 1 heterocycles. The second-order valence-electron chi connectivity index (χ2n) is 3.43. The van der Waals surface area contributed by atoms with Gasteiger partial charge in [-0.1, -0.05) is 30.3 Å². The predicted molar refractivity (Wildman–Crippen MR) is 64.9 cm³/mol. The summed E-state index contributed by atoms with van der Waals surface area (Å²) in [5, 5.41) is 5.05. The highest BCUT2D eigenvalue weighted by Crippen LogP contribution is 2.22. The van der Waals surface area contributed by atoms with E-state index in [0.717, 1.165) is 16.9 Å². The second-order valence-corrected chi connectivity index (χ2v) is 6.38. The van der Waals surface area contributed by atoms with Gasteiger partial charge >= 0.3 is 0 Å². The minimum Gasteiger partial charge on any atom is -0.224 e. The summed E-state index contributed by atoms with van der Waals surface area (Å²) in [5.74, 6) is 0. The van der Waals surface area contributed by atoms with Gasteiger partial charge in [-0.05, 0) is 17.7 Å². The summed E-state index contributed by atoms with van der Waals surface area (Å²) >= 11 is 1.22. The molecule has 16 heavy (non-hydrogen) atoms. The second kappa shape index (κ2) is 4.37. The largest absolute Gasteiger partial charge is 0.247 e. The molecule has 3 nitrogen and oxygen atoms in total. The van der Waals surface area contributed by atoms with Gasteiger partial charge in [0.15, 0.2) is 0 Å². The Morgan fingerprint density at radius 2 is 1.75 bits per heavy atom. The van der Waals surface area contributed by atoms with Crippen molar-refractivity contribution < 1.29 is 8.42 Å². The van der Waals surface area contributed by atoms with Gasteiger partial charge in [0.25, 0.3) is 0 Å². The van der Waals surface area contributed by atoms with Crippen LogP contribution in [0.15, 0.2) is 46.7 Å². The Kier molecular flexibility index (Phi) is 3.09. The molecule has 0 radical (unpaired) electrons. The van der Waals surface area contributed by atoms with E-state index < -0.39 is 10.0 Å². The summed E-state index contributed by atoms with van der Waals surface area (Å²) in [7, 11) is -3.56. The van der Waals surface area contributed by atoms with Crippen molar-refractivity contribution in [2.45, 2.75) is 10.6 Å². The van der Waals surface area contributed by atoms with Gasteiger partial charge in [-0.15, -0.1) is 11.3 Å². The van der Waals surface area contributed by atoms with E-state index >= 15 is 0 Å². The van der Waals surface area contributed by atoms with Crippen molar-refractivity contribution in [3.05, 3.63) is 52.9 Å². The highest BCUT2D eigenvalue weighted by molar-refractivity contribution is 7.91. The number of benzene rings is 1. The lowest BCUT2D eigenvalue weighted by Gasteiger charge is -1.96. The number of primary sulfonamides is 1. The van der Waals surface area contributed by atoms with Crippen LogP contribution in [-0.2, 0) is 16.4 Å². The van der Waals surface area contributed by atoms with Crippen molar-refractivity contribution in [3.63, 3.8) is 0 Å². The quantitative estimate of drug-likeness (QED) is 0.909. The summed E-state index contributed by atoms with van der Waals surface area (Å²) < 4.78 is 22.4. The van der Waals surface area contributed by atoms with Gasteiger partial charge in [-0.2, -0.15) is 0 Å². The zero-order valence-electron chi connectivity index (χ0n) is 8.46. The van der Waals surface area contributed by atoms with E-state index in [9.17, 15) is 8.42 Å². The molecule has 84 valence electrons. The number of rotatable bonds is 3. The molecule has 0 spiro atoms. The van der Waals surface area contributed by atoms with Crippen LogP contribution in [0.3, 0.4) is 0 Å². The Morgan fingerprint density at radius 1 is 1.06 bits per heavy atom. The van der Waals surface area contributed by atoms with Gasteiger partial charge in [-0.25, -0.2) is 13.6 Å². The third-order valence-corrected chi connectivity index (χ3v) is 4.66. The van der Waals surface area contributed by atoms with E-state index in [-0.39, 0.29) is 4.21 Å². The van der Waals surface area contributed by atoms with Crippen molar-refractivity contribution in [2.24, 2.45) is 5.14 Å². The average molecular weight is 253 g/mol. The highest BCUT2D eigenvalue weighted by Gasteiger charge is 2.10. The molecule has 0 saturated carbocycles. The maximum Gasteiger partial charge on any atom is 0.247 e. The Morgan fingerprint density at radius 3 is 2.31 bits per heavy atom. The first kappa shape index (κ1) is 11.3. The molecular weight excluding hydrogens is 242 g/mol. The van der Waals surface area contributed by atoms with Gasteiger partial charge in [0.2, 0.25) is 10.0 Å². The summed E-state index contributed by atoms with van der Waals surface area (Å²) in [6.45, 7) is 0. The van der Waals surface area contributed by atoms with Crippen LogP contribution in [0.2, 0.25) is 0 Å². The molecule has 1 aromatic carbocycles. The molecular formula is C11H11NO2S2. The molecule has 0 unspecified atom stereocenters. The summed E-state index contributed by atoms with van der Waals surface area (Å²) in [6.07, 6.45) is 0.737. The lowest BCUT2D eigenvalue weighted by molar-refractivity contribution is 0.600. The molecule has 0 aliphatic carbocycles. The number of nitrogens with two attached hydrogens (primary N) is 1. The van der Waals surface area contributed by atoms with Crippen molar-refractivity contribution in [3.8, 4) is 0 Å². The van der Waals surface area contributed by atoms with Gasteiger partial charge in [0.1, 0.15) is 4.21 Å². The first-order valence-electron chi connectivity index (χ1n) is 4.71. The van der Waals surface area contributed by atoms with E-state index in [1.54, 1.807) is 12.1 Å². The van der Waals surface area contributed by atoms with Gasteiger partial charge in [0, 0.05) is 11.3 Å². The first-order chi connectivity index (χ1) is 7.55. The topological polar surface area (TPSA) is 60.2 Å². The predicted octanol–water partition coefficient (Wildman–Crippen LogP) is 1.99. The molecule has 2 rings (SSSR count). The summed E-state index contributed by atoms with van der Waals surface area (Å²) in [6, 6.07) is 13.3. The standard InChI is InChI=1S/C11H11NO2S2/c12-16(13,14)11-7-6-10(15-11)8-9-4-2-1-3-5-9/h1-7H,8H2,(H2,12,13,14). The molecule has 0 aliphatic heterocycles. The van der Waals surface area contributed by atoms with Crippen LogP contribution in [0, 0.1) is 0 Å². The van der Waals surface area contributed by atoms with Crippen LogP contribution in [0.1, 0.15) is 10.4 Å². The number of hydrogen-bond acceptors (Lipinski definition) is 3. The third kappa shape index (κ3) is 2.69. The molecule has 2 aromatic rings. The number of sulfonamides is 1. The fourth-order valence-corrected chi connectivity index (χ4v) is 3.22.